The molecule has 0 bridgehead atoms. The lowest BCUT2D eigenvalue weighted by Gasteiger charge is -2.18. The molecule has 5 nitrogen and oxygen atoms in total. The zero-order valence-electron chi connectivity index (χ0n) is 14.8. The number of H-pyrrole nitrogens is 1. The number of anilines is 1. The predicted octanol–water partition coefficient (Wildman–Crippen LogP) is 5.07. The average molecular weight is 385 g/mol. The fraction of sp³-hybridized carbons (Fsp3) is 0.150. The summed E-state index contributed by atoms with van der Waals surface area (Å²) >= 11 is 0. The Balaban J connectivity index is 2.38. The van der Waals surface area contributed by atoms with Crippen molar-refractivity contribution in [1.29, 1.82) is 5.41 Å². The van der Waals surface area contributed by atoms with Crippen LogP contribution >= 0.6 is 0 Å². The first kappa shape index (κ1) is 19.3. The Morgan fingerprint density at radius 2 is 2.04 bits per heavy atom. The molecule has 0 saturated carbocycles. The molecule has 1 atom stereocenters. The predicted molar refractivity (Wildman–Crippen MR) is 104 cm³/mol. The van der Waals surface area contributed by atoms with Crippen molar-refractivity contribution in [2.45, 2.75) is 18.5 Å². The average Bonchev–Trinajstić information content (AvgIpc) is 3.16. The molecule has 0 aliphatic carbocycles. The second-order valence-electron chi connectivity index (χ2n) is 6.22. The van der Waals surface area contributed by atoms with E-state index in [2.05, 4.69) is 28.3 Å². The summed E-state index contributed by atoms with van der Waals surface area (Å²) in [6.45, 7) is 7.57. The minimum absolute atomic E-state index is 0.125. The molecule has 0 aliphatic heterocycles. The monoisotopic (exact) mass is 385 g/mol. The van der Waals surface area contributed by atoms with Crippen molar-refractivity contribution in [3.05, 3.63) is 66.5 Å². The molecule has 3 aromatic rings. The number of fused-ring (bicyclic) bond motifs is 1. The Bertz CT molecular complexity index is 1070. The van der Waals surface area contributed by atoms with Gasteiger partial charge in [0.15, 0.2) is 5.69 Å². The third kappa shape index (κ3) is 3.28. The van der Waals surface area contributed by atoms with Gasteiger partial charge >= 0.3 is 6.18 Å². The molecule has 4 N–H and O–H groups in total. The highest BCUT2D eigenvalue weighted by molar-refractivity contribution is 6.05. The summed E-state index contributed by atoms with van der Waals surface area (Å²) in [7, 11) is 0. The molecule has 2 aromatic heterocycles. The normalized spacial score (nSPS) is 12.7. The van der Waals surface area contributed by atoms with Crippen LogP contribution in [0, 0.1) is 5.41 Å². The van der Waals surface area contributed by atoms with Gasteiger partial charge in [0.2, 0.25) is 0 Å². The van der Waals surface area contributed by atoms with Crippen molar-refractivity contribution in [3.63, 3.8) is 0 Å². The molecule has 0 aliphatic rings. The molecule has 28 heavy (non-hydrogen) atoms. The molecule has 8 heteroatoms. The number of rotatable bonds is 6. The number of nitrogens with one attached hydrogen (secondary N) is 2. The Kier molecular flexibility index (Phi) is 5.04. The second-order valence-corrected chi connectivity index (χ2v) is 6.22. The minimum atomic E-state index is -4.62. The highest BCUT2D eigenvalue weighted by Crippen LogP contribution is 2.39. The maximum Gasteiger partial charge on any atom is 0.435 e. The number of aromatic amines is 1. The first-order valence-electron chi connectivity index (χ1n) is 8.40. The summed E-state index contributed by atoms with van der Waals surface area (Å²) in [6.07, 6.45) is 1.59. The van der Waals surface area contributed by atoms with Gasteiger partial charge in [0, 0.05) is 35.0 Å². The summed E-state index contributed by atoms with van der Waals surface area (Å²) < 4.78 is 39.9. The van der Waals surface area contributed by atoms with Crippen LogP contribution in [0.4, 0.5) is 18.9 Å². The van der Waals surface area contributed by atoms with E-state index in [-0.39, 0.29) is 17.2 Å². The van der Waals surface area contributed by atoms with Gasteiger partial charge in [-0.15, -0.1) is 13.2 Å². The number of nitrogens with two attached hydrogens (primary N) is 1. The molecule has 0 fully saturated rings. The molecule has 0 spiro atoms. The largest absolute Gasteiger partial charge is 0.435 e. The lowest BCUT2D eigenvalue weighted by Crippen LogP contribution is -2.08. The highest BCUT2D eigenvalue weighted by atomic mass is 19.4. The summed E-state index contributed by atoms with van der Waals surface area (Å²) in [4.78, 5) is 4.40. The lowest BCUT2D eigenvalue weighted by atomic mass is 9.89. The zero-order chi connectivity index (χ0) is 20.5. The van der Waals surface area contributed by atoms with Gasteiger partial charge in [-0.1, -0.05) is 12.2 Å². The van der Waals surface area contributed by atoms with Gasteiger partial charge in [-0.05, 0) is 30.2 Å². The van der Waals surface area contributed by atoms with Gasteiger partial charge in [0.25, 0.3) is 0 Å². The fourth-order valence-electron chi connectivity index (χ4n) is 3.22. The maximum atomic E-state index is 13.3. The highest BCUT2D eigenvalue weighted by Gasteiger charge is 2.37. The van der Waals surface area contributed by atoms with Gasteiger partial charge in [-0.3, -0.25) is 5.10 Å². The quantitative estimate of drug-likeness (QED) is 0.314. The van der Waals surface area contributed by atoms with Crippen molar-refractivity contribution < 1.29 is 13.2 Å². The topological polar surface area (TPSA) is 91.4 Å². The Labute approximate surface area is 159 Å². The van der Waals surface area contributed by atoms with Crippen molar-refractivity contribution >= 4 is 22.8 Å². The molecule has 1 unspecified atom stereocenters. The SMILES string of the molecule is C=CCC(C=C)c1cc(-c2c[nH]nc2C(F)(F)F)nc2ccc(N)c(C=N)c12. The Hall–Kier alpha value is -3.42. The molecule has 0 radical (unpaired) electrons. The van der Waals surface area contributed by atoms with Crippen LogP contribution in [0.3, 0.4) is 0 Å². The van der Waals surface area contributed by atoms with Crippen LogP contribution in [0.5, 0.6) is 0 Å². The Morgan fingerprint density at radius 3 is 2.64 bits per heavy atom. The molecule has 0 amide bonds. The van der Waals surface area contributed by atoms with Gasteiger partial charge in [0.05, 0.1) is 16.8 Å². The standard InChI is InChI=1S/C20H18F3N5/c1-3-5-11(4-2)12-8-17(14-10-26-28-19(14)20(21,22)23)27-16-7-6-15(25)13(9-24)18(12)16/h3-4,6-11,24H,1-2,5,25H2,(H,26,28). The summed E-state index contributed by atoms with van der Waals surface area (Å²) in [5, 5.41) is 14.0. The second kappa shape index (κ2) is 7.30. The lowest BCUT2D eigenvalue weighted by molar-refractivity contribution is -0.140. The number of hydrogen-bond acceptors (Lipinski definition) is 4. The molecular formula is C20H18F3N5. The molecule has 2 heterocycles. The smallest absolute Gasteiger partial charge is 0.398 e. The number of alkyl halides is 3. The van der Waals surface area contributed by atoms with Crippen LogP contribution in [-0.4, -0.2) is 21.4 Å². The van der Waals surface area contributed by atoms with Gasteiger partial charge in [-0.2, -0.15) is 18.3 Å². The number of allylic oxidation sites excluding steroid dienone is 2. The Morgan fingerprint density at radius 1 is 1.29 bits per heavy atom. The van der Waals surface area contributed by atoms with E-state index in [9.17, 15) is 13.2 Å². The van der Waals surface area contributed by atoms with Gasteiger partial charge in [0.1, 0.15) is 0 Å². The number of nitrogens with zero attached hydrogens (tertiary/aromatic N) is 2. The molecular weight excluding hydrogens is 367 g/mol. The van der Waals surface area contributed by atoms with Crippen LogP contribution in [0.2, 0.25) is 0 Å². The molecule has 3 rings (SSSR count). The molecule has 0 saturated heterocycles. The first-order chi connectivity index (χ1) is 13.3. The van der Waals surface area contributed by atoms with Crippen molar-refractivity contribution in [2.75, 3.05) is 5.73 Å². The van der Waals surface area contributed by atoms with Crippen molar-refractivity contribution in [2.24, 2.45) is 0 Å². The van der Waals surface area contributed by atoms with E-state index in [1.54, 1.807) is 30.4 Å². The number of hydrogen-bond donors (Lipinski definition) is 3. The van der Waals surface area contributed by atoms with Gasteiger partial charge < -0.3 is 11.1 Å². The van der Waals surface area contributed by atoms with Crippen LogP contribution in [0.1, 0.15) is 29.2 Å². The van der Waals surface area contributed by atoms with E-state index >= 15 is 0 Å². The van der Waals surface area contributed by atoms with Crippen molar-refractivity contribution in [1.82, 2.24) is 15.2 Å². The summed E-state index contributed by atoms with van der Waals surface area (Å²) in [5.41, 5.74) is 6.91. The van der Waals surface area contributed by atoms with Gasteiger partial charge in [-0.25, -0.2) is 4.98 Å². The fourth-order valence-corrected chi connectivity index (χ4v) is 3.22. The van der Waals surface area contributed by atoms with Crippen molar-refractivity contribution in [3.8, 4) is 11.3 Å². The van der Waals surface area contributed by atoms with E-state index < -0.39 is 11.9 Å². The van der Waals surface area contributed by atoms with E-state index in [0.29, 0.717) is 34.1 Å². The van der Waals surface area contributed by atoms with E-state index in [4.69, 9.17) is 11.1 Å². The van der Waals surface area contributed by atoms with E-state index in [1.807, 2.05) is 0 Å². The summed E-state index contributed by atoms with van der Waals surface area (Å²) in [6, 6.07) is 4.79. The van der Waals surface area contributed by atoms with Crippen LogP contribution < -0.4 is 5.73 Å². The van der Waals surface area contributed by atoms with Crippen LogP contribution in [0.15, 0.2) is 49.7 Å². The number of benzene rings is 1. The first-order valence-corrected chi connectivity index (χ1v) is 8.40. The molecule has 144 valence electrons. The summed E-state index contributed by atoms with van der Waals surface area (Å²) in [5.74, 6) is -0.233. The number of pyridine rings is 1. The molecule has 1 aromatic carbocycles. The third-order valence-corrected chi connectivity index (χ3v) is 4.51. The maximum absolute atomic E-state index is 13.3. The van der Waals surface area contributed by atoms with Crippen LogP contribution in [0.25, 0.3) is 22.2 Å². The van der Waals surface area contributed by atoms with Crippen LogP contribution in [-0.2, 0) is 6.18 Å². The number of halogens is 3. The minimum Gasteiger partial charge on any atom is -0.398 e. The zero-order valence-corrected chi connectivity index (χ0v) is 14.8. The van der Waals surface area contributed by atoms with E-state index in [0.717, 1.165) is 6.21 Å². The van der Waals surface area contributed by atoms with E-state index in [1.165, 1.54) is 6.20 Å². The number of nitrogen functional groups attached to an aromatic ring is 1. The number of aromatic nitrogens is 3. The third-order valence-electron chi connectivity index (χ3n) is 4.51.